The van der Waals surface area contributed by atoms with E-state index in [0.29, 0.717) is 23.6 Å². The third-order valence-corrected chi connectivity index (χ3v) is 3.80. The summed E-state index contributed by atoms with van der Waals surface area (Å²) in [5.41, 5.74) is 7.75. The lowest BCUT2D eigenvalue weighted by molar-refractivity contribution is 0.1000. The van der Waals surface area contributed by atoms with E-state index in [-0.39, 0.29) is 5.56 Å². The average molecular weight is 338 g/mol. The average Bonchev–Trinajstić information content (AvgIpc) is 3.08. The third kappa shape index (κ3) is 3.16. The number of carbonyl (C=O) groups is 1. The molecule has 0 saturated heterocycles. The van der Waals surface area contributed by atoms with E-state index in [0.717, 1.165) is 11.1 Å². The molecule has 3 rings (SSSR count). The summed E-state index contributed by atoms with van der Waals surface area (Å²) in [7, 11) is 1.67. The molecule has 7 heteroatoms. The van der Waals surface area contributed by atoms with Crippen molar-refractivity contribution in [2.24, 2.45) is 12.8 Å². The van der Waals surface area contributed by atoms with Gasteiger partial charge < -0.3 is 15.0 Å². The Bertz CT molecular complexity index is 988. The molecule has 0 unspecified atom stereocenters. The first-order valence-electron chi connectivity index (χ1n) is 7.79. The molecule has 128 valence electrons. The van der Waals surface area contributed by atoms with Crippen molar-refractivity contribution in [2.75, 3.05) is 6.61 Å². The van der Waals surface area contributed by atoms with Crippen LogP contribution in [0.3, 0.4) is 0 Å². The van der Waals surface area contributed by atoms with E-state index in [1.165, 1.54) is 10.6 Å². The molecular weight excluding hydrogens is 320 g/mol. The van der Waals surface area contributed by atoms with Crippen molar-refractivity contribution in [1.82, 2.24) is 14.3 Å². The van der Waals surface area contributed by atoms with Crippen LogP contribution in [0.2, 0.25) is 0 Å². The summed E-state index contributed by atoms with van der Waals surface area (Å²) < 4.78 is 8.64. The van der Waals surface area contributed by atoms with Crippen molar-refractivity contribution in [2.45, 2.75) is 6.92 Å². The van der Waals surface area contributed by atoms with Crippen LogP contribution < -0.4 is 16.0 Å². The molecule has 7 nitrogen and oxygen atoms in total. The summed E-state index contributed by atoms with van der Waals surface area (Å²) in [4.78, 5) is 23.5. The fourth-order valence-corrected chi connectivity index (χ4v) is 2.58. The molecule has 0 aliphatic heterocycles. The molecule has 0 spiro atoms. The van der Waals surface area contributed by atoms with Crippen molar-refractivity contribution in [3.8, 4) is 22.6 Å². The predicted octanol–water partition coefficient (Wildman–Crippen LogP) is 1.74. The number of ether oxygens (including phenoxy) is 1. The minimum atomic E-state index is -0.523. The molecule has 0 aliphatic rings. The van der Waals surface area contributed by atoms with Crippen LogP contribution in [0.15, 0.2) is 53.7 Å². The van der Waals surface area contributed by atoms with Crippen LogP contribution >= 0.6 is 0 Å². The highest BCUT2D eigenvalue weighted by Crippen LogP contribution is 2.29. The van der Waals surface area contributed by atoms with Gasteiger partial charge in [0.05, 0.1) is 24.1 Å². The van der Waals surface area contributed by atoms with Gasteiger partial charge in [-0.3, -0.25) is 9.59 Å². The first kappa shape index (κ1) is 16.5. The maximum absolute atomic E-state index is 11.9. The van der Waals surface area contributed by atoms with E-state index in [2.05, 4.69) is 5.10 Å². The molecule has 1 amide bonds. The van der Waals surface area contributed by atoms with Gasteiger partial charge in [-0.2, -0.15) is 5.10 Å². The number of rotatable bonds is 5. The number of aryl methyl sites for hydroxylation is 1. The Morgan fingerprint density at radius 1 is 1.28 bits per heavy atom. The maximum Gasteiger partial charge on any atom is 0.254 e. The van der Waals surface area contributed by atoms with Crippen LogP contribution in [0.4, 0.5) is 0 Å². The summed E-state index contributed by atoms with van der Waals surface area (Å²) in [5.74, 6) is -0.0295. The predicted molar refractivity (Wildman–Crippen MR) is 93.9 cm³/mol. The number of carbonyl (C=O) groups excluding carboxylic acids is 1. The zero-order valence-corrected chi connectivity index (χ0v) is 14.0. The fraction of sp³-hybridized carbons (Fsp3) is 0.167. The number of pyridine rings is 1. The number of hydrogen-bond acceptors (Lipinski definition) is 4. The second-order valence-corrected chi connectivity index (χ2v) is 5.49. The zero-order valence-electron chi connectivity index (χ0n) is 14.0. The van der Waals surface area contributed by atoms with Crippen molar-refractivity contribution in [3.05, 3.63) is 64.8 Å². The van der Waals surface area contributed by atoms with E-state index in [4.69, 9.17) is 10.5 Å². The summed E-state index contributed by atoms with van der Waals surface area (Å²) in [6.07, 6.45) is 5.12. The van der Waals surface area contributed by atoms with Gasteiger partial charge in [-0.05, 0) is 19.1 Å². The van der Waals surface area contributed by atoms with Crippen molar-refractivity contribution >= 4 is 5.91 Å². The van der Waals surface area contributed by atoms with Gasteiger partial charge in [0.15, 0.2) is 0 Å². The number of aromatic nitrogens is 3. The molecule has 2 aromatic heterocycles. The molecule has 0 saturated carbocycles. The first-order chi connectivity index (χ1) is 12.0. The first-order valence-corrected chi connectivity index (χ1v) is 7.79. The van der Waals surface area contributed by atoms with E-state index in [1.54, 1.807) is 54.6 Å². The van der Waals surface area contributed by atoms with Gasteiger partial charge in [0, 0.05) is 36.6 Å². The molecule has 1 aromatic carbocycles. The quantitative estimate of drug-likeness (QED) is 0.767. The van der Waals surface area contributed by atoms with Gasteiger partial charge in [0.2, 0.25) is 0 Å². The van der Waals surface area contributed by atoms with Gasteiger partial charge in [0.25, 0.3) is 11.5 Å². The Balaban J connectivity index is 2.10. The largest absolute Gasteiger partial charge is 0.493 e. The lowest BCUT2D eigenvalue weighted by Crippen LogP contribution is -2.16. The Hall–Kier alpha value is -3.35. The molecule has 2 N–H and O–H groups in total. The van der Waals surface area contributed by atoms with Crippen LogP contribution in [-0.2, 0) is 7.05 Å². The van der Waals surface area contributed by atoms with Crippen molar-refractivity contribution in [1.29, 1.82) is 0 Å². The lowest BCUT2D eigenvalue weighted by atomic mass is 10.1. The summed E-state index contributed by atoms with van der Waals surface area (Å²) in [6.45, 7) is 2.30. The maximum atomic E-state index is 11.9. The number of hydrogen-bond donors (Lipinski definition) is 1. The highest BCUT2D eigenvalue weighted by Gasteiger charge is 2.14. The van der Waals surface area contributed by atoms with Crippen LogP contribution in [0, 0.1) is 0 Å². The Labute approximate surface area is 144 Å². The number of primary amides is 1. The Morgan fingerprint density at radius 3 is 2.76 bits per heavy atom. The summed E-state index contributed by atoms with van der Waals surface area (Å²) in [5, 5.41) is 4.33. The number of nitrogens with zero attached hydrogens (tertiary/aromatic N) is 3. The van der Waals surface area contributed by atoms with E-state index < -0.39 is 5.91 Å². The normalized spacial score (nSPS) is 10.6. The molecule has 3 aromatic rings. The number of benzene rings is 1. The van der Waals surface area contributed by atoms with Gasteiger partial charge in [-0.25, -0.2) is 4.68 Å². The third-order valence-electron chi connectivity index (χ3n) is 3.80. The van der Waals surface area contributed by atoms with Gasteiger partial charge in [0.1, 0.15) is 5.75 Å². The van der Waals surface area contributed by atoms with E-state index >= 15 is 0 Å². The molecular formula is C18H18N4O3. The number of amides is 1. The van der Waals surface area contributed by atoms with Gasteiger partial charge >= 0.3 is 0 Å². The monoisotopic (exact) mass is 338 g/mol. The van der Waals surface area contributed by atoms with Crippen molar-refractivity contribution in [3.63, 3.8) is 0 Å². The molecule has 0 aliphatic carbocycles. The van der Waals surface area contributed by atoms with Crippen LogP contribution in [0.1, 0.15) is 17.3 Å². The number of para-hydroxylation sites is 1. The van der Waals surface area contributed by atoms with Crippen molar-refractivity contribution < 1.29 is 9.53 Å². The highest BCUT2D eigenvalue weighted by atomic mass is 16.5. The fourth-order valence-electron chi connectivity index (χ4n) is 2.58. The minimum absolute atomic E-state index is 0.154. The summed E-state index contributed by atoms with van der Waals surface area (Å²) in [6, 6.07) is 8.42. The molecule has 0 bridgehead atoms. The Morgan fingerprint density at radius 2 is 2.04 bits per heavy atom. The van der Waals surface area contributed by atoms with Gasteiger partial charge in [-0.1, -0.05) is 12.1 Å². The van der Waals surface area contributed by atoms with E-state index in [1.807, 2.05) is 6.92 Å². The number of nitrogens with two attached hydrogens (primary N) is 1. The molecule has 0 radical (unpaired) electrons. The van der Waals surface area contributed by atoms with E-state index in [9.17, 15) is 9.59 Å². The molecule has 2 heterocycles. The molecule has 25 heavy (non-hydrogen) atoms. The lowest BCUT2D eigenvalue weighted by Gasteiger charge is -2.10. The second kappa shape index (κ2) is 6.64. The topological polar surface area (TPSA) is 92.1 Å². The minimum Gasteiger partial charge on any atom is -0.493 e. The SMILES string of the molecule is CCOc1cc(=O)n(C)cc1-c1cnn(-c2ccccc2C(N)=O)c1. The van der Waals surface area contributed by atoms with Gasteiger partial charge in [-0.15, -0.1) is 0 Å². The zero-order chi connectivity index (χ0) is 18.0. The highest BCUT2D eigenvalue weighted by molar-refractivity contribution is 5.96. The van der Waals surface area contributed by atoms with Crippen LogP contribution in [0.5, 0.6) is 5.75 Å². The second-order valence-electron chi connectivity index (χ2n) is 5.49. The molecule has 0 fully saturated rings. The summed E-state index contributed by atoms with van der Waals surface area (Å²) >= 11 is 0. The smallest absolute Gasteiger partial charge is 0.254 e. The van der Waals surface area contributed by atoms with Crippen LogP contribution in [-0.4, -0.2) is 26.9 Å². The Kier molecular flexibility index (Phi) is 4.38. The van der Waals surface area contributed by atoms with Crippen LogP contribution in [0.25, 0.3) is 16.8 Å². The standard InChI is InChI=1S/C18H18N4O3/c1-3-25-16-8-17(23)21(2)11-14(16)12-9-20-22(10-12)15-7-5-4-6-13(15)18(19)24/h4-11H,3H2,1-2H3,(H2,19,24). The molecule has 0 atom stereocenters.